The van der Waals surface area contributed by atoms with Crippen molar-refractivity contribution in [3.8, 4) is 0 Å². The molecule has 5 atom stereocenters. The molecule has 43 heavy (non-hydrogen) atoms. The number of thiol groups is 1. The lowest BCUT2D eigenvalue weighted by Gasteiger charge is -2.42. The lowest BCUT2D eigenvalue weighted by atomic mass is 9.93. The molecule has 2 aromatic carbocycles. The van der Waals surface area contributed by atoms with Crippen molar-refractivity contribution >= 4 is 28.8 Å². The maximum absolute atomic E-state index is 12.9. The number of nitrogens with one attached hydrogen (secondary N) is 1. The van der Waals surface area contributed by atoms with E-state index in [-0.39, 0.29) is 17.1 Å². The third-order valence-corrected chi connectivity index (χ3v) is 11.2. The largest absolute Gasteiger partial charge is 0.390 e. The summed E-state index contributed by atoms with van der Waals surface area (Å²) in [7, 11) is 1.39. The van der Waals surface area contributed by atoms with Crippen LogP contribution in [-0.4, -0.2) is 106 Å². The first-order chi connectivity index (χ1) is 20.4. The topological polar surface area (TPSA) is 113 Å². The van der Waals surface area contributed by atoms with Crippen molar-refractivity contribution in [3.63, 3.8) is 0 Å². The summed E-state index contributed by atoms with van der Waals surface area (Å²) in [6.45, 7) is 8.69. The first-order valence-corrected chi connectivity index (χ1v) is 17.3. The summed E-state index contributed by atoms with van der Waals surface area (Å²) in [6, 6.07) is 14.6. The molecule has 0 aliphatic carbocycles. The van der Waals surface area contributed by atoms with Gasteiger partial charge in [0.2, 0.25) is 11.8 Å². The molecule has 0 saturated carbocycles. The summed E-state index contributed by atoms with van der Waals surface area (Å²) in [6.07, 6.45) is 4.77. The number of piperazine rings is 1. The lowest BCUT2D eigenvalue weighted by molar-refractivity contribution is -0.141. The summed E-state index contributed by atoms with van der Waals surface area (Å²) in [5, 5.41) is 33.8. The van der Waals surface area contributed by atoms with Gasteiger partial charge in [-0.1, -0.05) is 54.6 Å². The van der Waals surface area contributed by atoms with Crippen LogP contribution in [0.4, 0.5) is 0 Å². The molecule has 2 aliphatic rings. The van der Waals surface area contributed by atoms with Crippen LogP contribution in [0, 0.1) is 6.92 Å². The fraction of sp³-hybridized carbons (Fsp3) is 0.529. The standard InChI is InChI=1S/C34H49N3O5S/c1-23-10-15-26(32-31(41)30(40)28(38)22-43(32)5)21-27(23)20-25-13-11-24(12-14-25)8-6-7-9-29(39)35-34(2,3)33(42)37-18-16-36(4)17-19-37/h6,8,10-15,21,28,30-32,38,40-41,43H,7,9,16-20,22H2,1-5H3,(H,35,39)/b8-6+/t28-,30-,31-,32+/m1/s1. The second kappa shape index (κ2) is 14.4. The van der Waals surface area contributed by atoms with Gasteiger partial charge in [-0.15, -0.1) is 0 Å². The molecule has 0 aromatic heterocycles. The average Bonchev–Trinajstić information content (AvgIpc) is 2.96. The minimum Gasteiger partial charge on any atom is -0.390 e. The zero-order valence-corrected chi connectivity index (χ0v) is 27.1. The summed E-state index contributed by atoms with van der Waals surface area (Å²) in [4.78, 5) is 29.5. The number of nitrogens with zero attached hydrogens (tertiary/aromatic N) is 2. The fourth-order valence-corrected chi connectivity index (χ4v) is 8.38. The van der Waals surface area contributed by atoms with E-state index in [9.17, 15) is 24.9 Å². The van der Waals surface area contributed by atoms with Crippen LogP contribution in [-0.2, 0) is 16.0 Å². The zero-order chi connectivity index (χ0) is 31.3. The second-order valence-electron chi connectivity index (χ2n) is 12.7. The summed E-state index contributed by atoms with van der Waals surface area (Å²) in [5.41, 5.74) is 4.66. The highest BCUT2D eigenvalue weighted by molar-refractivity contribution is 8.16. The quantitative estimate of drug-likeness (QED) is 0.279. The van der Waals surface area contributed by atoms with Crippen molar-refractivity contribution < 1.29 is 24.9 Å². The summed E-state index contributed by atoms with van der Waals surface area (Å²) in [5.74, 6) is 0.356. The van der Waals surface area contributed by atoms with Gasteiger partial charge in [-0.25, -0.2) is 10.9 Å². The Bertz CT molecular complexity index is 1290. The molecule has 2 fully saturated rings. The van der Waals surface area contributed by atoms with Crippen LogP contribution in [0.15, 0.2) is 48.5 Å². The van der Waals surface area contributed by atoms with Gasteiger partial charge in [0.1, 0.15) is 11.6 Å². The number of likely N-dealkylation sites (N-methyl/N-ethyl adjacent to an activating group) is 1. The normalized spacial score (nSPS) is 26.0. The minimum atomic E-state index is -1.12. The predicted octanol–water partition coefficient (Wildman–Crippen LogP) is 2.82. The number of hydrogen-bond acceptors (Lipinski definition) is 6. The van der Waals surface area contributed by atoms with E-state index in [0.29, 0.717) is 31.7 Å². The van der Waals surface area contributed by atoms with Crippen molar-refractivity contribution in [1.29, 1.82) is 0 Å². The Morgan fingerprint density at radius 2 is 1.70 bits per heavy atom. The van der Waals surface area contributed by atoms with E-state index in [1.54, 1.807) is 13.8 Å². The van der Waals surface area contributed by atoms with E-state index >= 15 is 0 Å². The van der Waals surface area contributed by atoms with Gasteiger partial charge in [-0.3, -0.25) is 9.59 Å². The highest BCUT2D eigenvalue weighted by atomic mass is 32.2. The number of rotatable bonds is 9. The van der Waals surface area contributed by atoms with Gasteiger partial charge in [-0.05, 0) is 74.7 Å². The molecule has 0 spiro atoms. The maximum Gasteiger partial charge on any atom is 0.247 e. The van der Waals surface area contributed by atoms with Gasteiger partial charge in [0.15, 0.2) is 0 Å². The van der Waals surface area contributed by atoms with Crippen LogP contribution in [0.1, 0.15) is 59.8 Å². The molecule has 0 bridgehead atoms. The first-order valence-electron chi connectivity index (χ1n) is 15.2. The van der Waals surface area contributed by atoms with Gasteiger partial charge < -0.3 is 30.4 Å². The van der Waals surface area contributed by atoms with E-state index < -0.39 is 34.7 Å². The van der Waals surface area contributed by atoms with Gasteiger partial charge >= 0.3 is 0 Å². The molecule has 0 radical (unpaired) electrons. The molecule has 4 rings (SSSR count). The van der Waals surface area contributed by atoms with Crippen LogP contribution < -0.4 is 5.32 Å². The number of allylic oxidation sites excluding steroid dienone is 1. The van der Waals surface area contributed by atoms with E-state index in [1.807, 2.05) is 30.2 Å². The number of benzene rings is 2. The molecular weight excluding hydrogens is 562 g/mol. The molecule has 2 amide bonds. The molecule has 9 heteroatoms. The number of aliphatic hydroxyl groups excluding tert-OH is 3. The monoisotopic (exact) mass is 611 g/mol. The van der Waals surface area contributed by atoms with E-state index in [0.717, 1.165) is 30.6 Å². The average molecular weight is 612 g/mol. The Morgan fingerprint density at radius 1 is 1.02 bits per heavy atom. The van der Waals surface area contributed by atoms with Gasteiger partial charge in [0.05, 0.1) is 12.2 Å². The number of aryl methyl sites for hydroxylation is 1. The Kier molecular flexibility index (Phi) is 11.1. The molecule has 4 N–H and O–H groups in total. The Labute approximate surface area is 259 Å². The van der Waals surface area contributed by atoms with Crippen LogP contribution in [0.25, 0.3) is 6.08 Å². The van der Waals surface area contributed by atoms with Crippen LogP contribution in [0.2, 0.25) is 0 Å². The third kappa shape index (κ3) is 8.48. The number of amides is 2. The van der Waals surface area contributed by atoms with E-state index in [1.165, 1.54) is 16.7 Å². The highest BCUT2D eigenvalue weighted by Crippen LogP contribution is 2.48. The molecule has 2 heterocycles. The molecule has 2 aliphatic heterocycles. The molecule has 236 valence electrons. The number of carbonyl (C=O) groups excluding carboxylic acids is 2. The Balaban J connectivity index is 1.28. The van der Waals surface area contributed by atoms with Crippen molar-refractivity contribution in [1.82, 2.24) is 15.1 Å². The van der Waals surface area contributed by atoms with E-state index in [4.69, 9.17) is 0 Å². The minimum absolute atomic E-state index is 0.0351. The summed E-state index contributed by atoms with van der Waals surface area (Å²) >= 11 is 0. The third-order valence-electron chi connectivity index (χ3n) is 8.73. The van der Waals surface area contributed by atoms with Crippen molar-refractivity contribution in [3.05, 3.63) is 76.4 Å². The van der Waals surface area contributed by atoms with Crippen molar-refractivity contribution in [2.75, 3.05) is 45.2 Å². The van der Waals surface area contributed by atoms with E-state index in [2.05, 4.69) is 59.8 Å². The first kappa shape index (κ1) is 33.2. The Hall–Kier alpha value is -2.69. The molecular formula is C34H49N3O5S. The smallest absolute Gasteiger partial charge is 0.247 e. The SMILES string of the molecule is Cc1ccc([C@H]2[C@H](O)[C@H](O)[C@H](O)C[SH]2C)cc1Cc1ccc(/C=C/CCC(=O)NC(C)(C)C(=O)N2CCN(C)CC2)cc1. The maximum atomic E-state index is 12.9. The van der Waals surface area contributed by atoms with Crippen LogP contribution >= 0.6 is 10.9 Å². The molecule has 1 unspecified atom stereocenters. The number of aliphatic hydroxyl groups is 3. The molecule has 8 nitrogen and oxygen atoms in total. The van der Waals surface area contributed by atoms with Crippen molar-refractivity contribution in [2.45, 2.75) is 69.1 Å². The number of carbonyl (C=O) groups is 2. The van der Waals surface area contributed by atoms with Gasteiger partial charge in [0.25, 0.3) is 0 Å². The van der Waals surface area contributed by atoms with Crippen LogP contribution in [0.3, 0.4) is 0 Å². The molecule has 2 saturated heterocycles. The van der Waals surface area contributed by atoms with Gasteiger partial charge in [0, 0.05) is 43.6 Å². The molecule has 2 aromatic rings. The predicted molar refractivity (Wildman–Crippen MR) is 176 cm³/mol. The second-order valence-corrected chi connectivity index (χ2v) is 15.2. The van der Waals surface area contributed by atoms with Crippen LogP contribution in [0.5, 0.6) is 0 Å². The highest BCUT2D eigenvalue weighted by Gasteiger charge is 2.40. The fourth-order valence-electron chi connectivity index (χ4n) is 5.98. The zero-order valence-electron chi connectivity index (χ0n) is 26.2. The van der Waals surface area contributed by atoms with Gasteiger partial charge in [-0.2, -0.15) is 0 Å². The summed E-state index contributed by atoms with van der Waals surface area (Å²) < 4.78 is 0. The van der Waals surface area contributed by atoms with Crippen molar-refractivity contribution in [2.24, 2.45) is 0 Å². The Morgan fingerprint density at radius 3 is 2.37 bits per heavy atom. The lowest BCUT2D eigenvalue weighted by Crippen LogP contribution is -2.59. The number of hydrogen-bond donors (Lipinski definition) is 5.